The minimum absolute atomic E-state index is 0.0232. The van der Waals surface area contributed by atoms with Crippen LogP contribution in [-0.4, -0.2) is 10.5 Å². The molecule has 6 nitrogen and oxygen atoms in total. The van der Waals surface area contributed by atoms with Gasteiger partial charge >= 0.3 is 0 Å². The zero-order valence-corrected chi connectivity index (χ0v) is 31.7. The first kappa shape index (κ1) is 33.9. The molecular weight excluding hydrogens is 709 g/mol. The van der Waals surface area contributed by atoms with Crippen LogP contribution in [0.4, 0.5) is 11.4 Å². The van der Waals surface area contributed by atoms with Gasteiger partial charge in [0.2, 0.25) is 5.96 Å². The molecule has 4 heterocycles. The van der Waals surface area contributed by atoms with Gasteiger partial charge in [0.1, 0.15) is 0 Å². The van der Waals surface area contributed by atoms with Crippen LogP contribution in [0.25, 0.3) is 45.4 Å². The average Bonchev–Trinajstić information content (AvgIpc) is 3.54. The van der Waals surface area contributed by atoms with Crippen LogP contribution in [0.15, 0.2) is 199 Å². The molecule has 6 heteroatoms. The van der Waals surface area contributed by atoms with Crippen molar-refractivity contribution in [3.63, 3.8) is 0 Å². The van der Waals surface area contributed by atoms with Crippen molar-refractivity contribution >= 4 is 62.7 Å². The highest BCUT2D eigenvalue weighted by molar-refractivity contribution is 6.23. The topological polar surface area (TPSA) is 56.6 Å². The van der Waals surface area contributed by atoms with Crippen molar-refractivity contribution in [2.24, 2.45) is 4.99 Å². The van der Waals surface area contributed by atoms with Gasteiger partial charge in [-0.05, 0) is 63.7 Å². The number of nitrogens with zero attached hydrogens (tertiary/aromatic N) is 3. The molecule has 3 N–H and O–H groups in total. The Balaban J connectivity index is 1.14. The van der Waals surface area contributed by atoms with Crippen molar-refractivity contribution in [1.29, 1.82) is 0 Å². The van der Waals surface area contributed by atoms with Crippen molar-refractivity contribution < 1.29 is 0 Å². The standard InChI is InChI=1S/C52H40N6/c1-5-17-35(18-6-1)42-33-43(36-19-7-2-8-20-36)54-51(53-42)57-47-28-16-14-26-41(47)49-48(57)32-31-40-30-29-39-25-13-15-27-46(39)58(50(40)49)52-55-44(37-21-9-3-10-22-37)34-45(56-52)38-23-11-4-12-24-38/h1-34,42,44,51,53-54H,(H,55,56)/t42?,44?,51-/m0/s1. The maximum Gasteiger partial charge on any atom is 0.208 e. The number of anilines is 2. The Labute approximate surface area is 337 Å². The molecule has 0 spiro atoms. The summed E-state index contributed by atoms with van der Waals surface area (Å²) in [5.74, 6) is 0.768. The lowest BCUT2D eigenvalue weighted by Crippen LogP contribution is -2.43. The molecule has 3 aliphatic rings. The lowest BCUT2D eigenvalue weighted by Gasteiger charge is -2.35. The van der Waals surface area contributed by atoms with Gasteiger partial charge in [0, 0.05) is 22.2 Å². The number of rotatable bonds is 5. The molecular formula is C52H40N6. The number of aliphatic imine (C=N–C) groups is 1. The molecule has 1 aromatic heterocycles. The minimum Gasteiger partial charge on any atom is -0.352 e. The van der Waals surface area contributed by atoms with Gasteiger partial charge < -0.3 is 15.2 Å². The number of fused-ring (bicyclic) bond motifs is 6. The molecule has 278 valence electrons. The molecule has 0 fully saturated rings. The molecule has 0 bridgehead atoms. The van der Waals surface area contributed by atoms with Gasteiger partial charge in [-0.1, -0.05) is 176 Å². The molecule has 58 heavy (non-hydrogen) atoms. The molecule has 0 aliphatic carbocycles. The van der Waals surface area contributed by atoms with Gasteiger partial charge in [-0.15, -0.1) is 0 Å². The summed E-state index contributed by atoms with van der Waals surface area (Å²) < 4.78 is 2.44. The maximum absolute atomic E-state index is 5.55. The zero-order chi connectivity index (χ0) is 38.4. The highest BCUT2D eigenvalue weighted by atomic mass is 15.4. The normalized spacial score (nSPS) is 18.6. The van der Waals surface area contributed by atoms with Crippen molar-refractivity contribution in [3.8, 4) is 0 Å². The molecule has 3 atom stereocenters. The highest BCUT2D eigenvalue weighted by Crippen LogP contribution is 2.46. The summed E-state index contributed by atoms with van der Waals surface area (Å²) in [5.41, 5.74) is 13.3. The van der Waals surface area contributed by atoms with Gasteiger partial charge in [-0.3, -0.25) is 10.2 Å². The summed E-state index contributed by atoms with van der Waals surface area (Å²) in [7, 11) is 0. The third-order valence-electron chi connectivity index (χ3n) is 11.5. The predicted octanol–water partition coefficient (Wildman–Crippen LogP) is 11.6. The van der Waals surface area contributed by atoms with Crippen LogP contribution in [-0.2, 0) is 0 Å². The third-order valence-corrected chi connectivity index (χ3v) is 11.5. The first-order valence-corrected chi connectivity index (χ1v) is 19.9. The summed E-state index contributed by atoms with van der Waals surface area (Å²) in [6.45, 7) is 0. The number of nitrogens with one attached hydrogen (secondary N) is 3. The molecule has 0 radical (unpaired) electrons. The quantitative estimate of drug-likeness (QED) is 0.164. The summed E-state index contributed by atoms with van der Waals surface area (Å²) in [6, 6.07) is 64.2. The van der Waals surface area contributed by atoms with Gasteiger partial charge in [0.15, 0.2) is 6.29 Å². The molecule has 8 aromatic rings. The number of benzene rings is 7. The number of para-hydroxylation sites is 2. The molecule has 3 aliphatic heterocycles. The second-order valence-corrected chi connectivity index (χ2v) is 14.9. The van der Waals surface area contributed by atoms with Crippen molar-refractivity contribution in [3.05, 3.63) is 228 Å². The van der Waals surface area contributed by atoms with Gasteiger partial charge in [-0.2, -0.15) is 0 Å². The fourth-order valence-corrected chi connectivity index (χ4v) is 8.75. The Bertz CT molecular complexity index is 2930. The van der Waals surface area contributed by atoms with Crippen LogP contribution in [0.2, 0.25) is 0 Å². The number of guanidine groups is 1. The molecule has 0 amide bonds. The van der Waals surface area contributed by atoms with Crippen molar-refractivity contribution in [2.45, 2.75) is 18.4 Å². The van der Waals surface area contributed by atoms with E-state index in [4.69, 9.17) is 4.99 Å². The first-order valence-electron chi connectivity index (χ1n) is 19.9. The van der Waals surface area contributed by atoms with E-state index in [1.807, 2.05) is 0 Å². The Morgan fingerprint density at radius 2 is 1.12 bits per heavy atom. The van der Waals surface area contributed by atoms with Crippen LogP contribution in [0.5, 0.6) is 0 Å². The summed E-state index contributed by atoms with van der Waals surface area (Å²) >= 11 is 0. The fraction of sp³-hybridized carbons (Fsp3) is 0.0577. The van der Waals surface area contributed by atoms with Gasteiger partial charge in [0.25, 0.3) is 0 Å². The molecule has 2 unspecified atom stereocenters. The van der Waals surface area contributed by atoms with E-state index in [-0.39, 0.29) is 18.4 Å². The zero-order valence-electron chi connectivity index (χ0n) is 31.7. The number of hydrogen-bond acceptors (Lipinski definition) is 5. The minimum atomic E-state index is -0.270. The van der Waals surface area contributed by atoms with E-state index in [2.05, 4.69) is 232 Å². The van der Waals surface area contributed by atoms with E-state index < -0.39 is 0 Å². The Morgan fingerprint density at radius 1 is 0.500 bits per heavy atom. The third kappa shape index (κ3) is 5.90. The fourth-order valence-electron chi connectivity index (χ4n) is 8.75. The Morgan fingerprint density at radius 3 is 1.88 bits per heavy atom. The Kier molecular flexibility index (Phi) is 8.34. The van der Waals surface area contributed by atoms with E-state index in [0.717, 1.165) is 78.4 Å². The van der Waals surface area contributed by atoms with E-state index in [1.54, 1.807) is 0 Å². The average molecular weight is 749 g/mol. The summed E-state index contributed by atoms with van der Waals surface area (Å²) in [6.07, 6.45) is 8.76. The number of hydrogen-bond donors (Lipinski definition) is 3. The summed E-state index contributed by atoms with van der Waals surface area (Å²) in [5, 5.41) is 14.1. The second-order valence-electron chi connectivity index (χ2n) is 14.9. The van der Waals surface area contributed by atoms with Crippen LogP contribution in [0.1, 0.15) is 51.8 Å². The van der Waals surface area contributed by atoms with Crippen molar-refractivity contribution in [1.82, 2.24) is 20.5 Å². The lowest BCUT2D eigenvalue weighted by atomic mass is 10.0. The molecule has 0 saturated carbocycles. The van der Waals surface area contributed by atoms with E-state index >= 15 is 0 Å². The van der Waals surface area contributed by atoms with Crippen LogP contribution >= 0.6 is 0 Å². The smallest absolute Gasteiger partial charge is 0.208 e. The molecule has 7 aromatic carbocycles. The number of aromatic nitrogens is 1. The monoisotopic (exact) mass is 748 g/mol. The molecule has 0 saturated heterocycles. The van der Waals surface area contributed by atoms with Crippen LogP contribution in [0.3, 0.4) is 0 Å². The van der Waals surface area contributed by atoms with Crippen LogP contribution < -0.4 is 20.9 Å². The van der Waals surface area contributed by atoms with Crippen molar-refractivity contribution in [2.75, 3.05) is 4.90 Å². The second kappa shape index (κ2) is 14.3. The predicted molar refractivity (Wildman–Crippen MR) is 240 cm³/mol. The van der Waals surface area contributed by atoms with E-state index in [9.17, 15) is 0 Å². The Hall–Kier alpha value is -7.41. The summed E-state index contributed by atoms with van der Waals surface area (Å²) in [4.78, 5) is 7.91. The van der Waals surface area contributed by atoms with Gasteiger partial charge in [0.05, 0.1) is 34.5 Å². The first-order chi connectivity index (χ1) is 28.8. The lowest BCUT2D eigenvalue weighted by molar-refractivity contribution is 0.350. The van der Waals surface area contributed by atoms with Gasteiger partial charge in [-0.25, -0.2) is 4.99 Å². The molecule has 11 rings (SSSR count). The SMILES string of the molecule is C1=Cc2ccc3c(c2N(C2=NC(c4ccccc4)C=C(c4ccccc4)N2)c2ccccc21)c1ccccc1n3[C@@H]1NC(c2ccccc2)=CC(c2ccccc2)N1. The largest absolute Gasteiger partial charge is 0.352 e. The van der Waals surface area contributed by atoms with E-state index in [1.165, 1.54) is 5.56 Å². The van der Waals surface area contributed by atoms with Crippen LogP contribution in [0, 0.1) is 0 Å². The van der Waals surface area contributed by atoms with E-state index in [0.29, 0.717) is 0 Å². The maximum atomic E-state index is 5.55. The highest BCUT2D eigenvalue weighted by Gasteiger charge is 2.33.